The first-order chi connectivity index (χ1) is 11.9. The highest BCUT2D eigenvalue weighted by molar-refractivity contribution is 7.88. The van der Waals surface area contributed by atoms with Crippen molar-refractivity contribution < 1.29 is 17.9 Å². The molecule has 0 aromatic heterocycles. The average Bonchev–Trinajstić information content (AvgIpc) is 2.55. The molecule has 0 aliphatic carbocycles. The van der Waals surface area contributed by atoms with Crippen LogP contribution in [0.25, 0.3) is 11.1 Å². The normalized spacial score (nSPS) is 23.7. The Bertz CT molecular complexity index is 922. The Morgan fingerprint density at radius 3 is 2.36 bits per heavy atom. The van der Waals surface area contributed by atoms with Gasteiger partial charge in [0.25, 0.3) is 0 Å². The van der Waals surface area contributed by atoms with E-state index in [0.717, 1.165) is 16.1 Å². The van der Waals surface area contributed by atoms with Gasteiger partial charge in [0, 0.05) is 11.5 Å². The molecule has 0 amide bonds. The average molecular weight is 360 g/mol. The van der Waals surface area contributed by atoms with Crippen molar-refractivity contribution >= 4 is 10.0 Å². The van der Waals surface area contributed by atoms with E-state index in [2.05, 4.69) is 0 Å². The fourth-order valence-corrected chi connectivity index (χ4v) is 4.68. The SMILES string of the molecule is CS(=O)(=O)N1[C@@H](C#N)[C@H](c2ccc(-c3ccccc3F)cc2)[C@@H]1CO. The van der Waals surface area contributed by atoms with E-state index in [1.807, 2.05) is 6.07 Å². The lowest BCUT2D eigenvalue weighted by Gasteiger charge is -2.49. The number of nitriles is 1. The van der Waals surface area contributed by atoms with E-state index in [1.54, 1.807) is 42.5 Å². The second-order valence-electron chi connectivity index (χ2n) is 6.04. The maximum atomic E-state index is 13.9. The fourth-order valence-electron chi connectivity index (χ4n) is 3.40. The minimum absolute atomic E-state index is 0.328. The number of nitrogens with zero attached hydrogens (tertiary/aromatic N) is 2. The maximum Gasteiger partial charge on any atom is 0.212 e. The third-order valence-electron chi connectivity index (χ3n) is 4.54. The van der Waals surface area contributed by atoms with Crippen molar-refractivity contribution in [3.63, 3.8) is 0 Å². The topological polar surface area (TPSA) is 81.4 Å². The molecule has 5 nitrogen and oxygen atoms in total. The molecular formula is C18H17FN2O3S. The molecule has 130 valence electrons. The number of aliphatic hydroxyl groups excluding tert-OH is 1. The van der Waals surface area contributed by atoms with Crippen molar-refractivity contribution in [2.75, 3.05) is 12.9 Å². The predicted octanol–water partition coefficient (Wildman–Crippen LogP) is 2.10. The number of rotatable bonds is 4. The third kappa shape index (κ3) is 3.04. The summed E-state index contributed by atoms with van der Waals surface area (Å²) in [4.78, 5) is 0. The molecule has 25 heavy (non-hydrogen) atoms. The molecule has 3 atom stereocenters. The van der Waals surface area contributed by atoms with Crippen molar-refractivity contribution in [2.45, 2.75) is 18.0 Å². The molecule has 0 unspecified atom stereocenters. The van der Waals surface area contributed by atoms with Crippen molar-refractivity contribution in [1.82, 2.24) is 4.31 Å². The van der Waals surface area contributed by atoms with Crippen LogP contribution in [-0.2, 0) is 10.0 Å². The van der Waals surface area contributed by atoms with Crippen LogP contribution in [0.15, 0.2) is 48.5 Å². The lowest BCUT2D eigenvalue weighted by Crippen LogP contribution is -2.64. The molecule has 1 saturated heterocycles. The number of sulfonamides is 1. The smallest absolute Gasteiger partial charge is 0.212 e. The van der Waals surface area contributed by atoms with E-state index >= 15 is 0 Å². The van der Waals surface area contributed by atoms with Gasteiger partial charge in [0.2, 0.25) is 10.0 Å². The molecule has 7 heteroatoms. The second-order valence-corrected chi connectivity index (χ2v) is 7.93. The molecule has 2 aromatic carbocycles. The first kappa shape index (κ1) is 17.5. The summed E-state index contributed by atoms with van der Waals surface area (Å²) < 4.78 is 38.6. The zero-order chi connectivity index (χ0) is 18.2. The molecule has 1 heterocycles. The van der Waals surface area contributed by atoms with E-state index in [0.29, 0.717) is 11.1 Å². The molecule has 0 saturated carbocycles. The van der Waals surface area contributed by atoms with E-state index < -0.39 is 28.0 Å². The Balaban J connectivity index is 1.92. The monoisotopic (exact) mass is 360 g/mol. The van der Waals surface area contributed by atoms with Crippen LogP contribution in [0, 0.1) is 17.1 Å². The number of hydrogen-bond acceptors (Lipinski definition) is 4. The molecule has 1 fully saturated rings. The van der Waals surface area contributed by atoms with Crippen molar-refractivity contribution in [3.8, 4) is 17.2 Å². The van der Waals surface area contributed by atoms with Gasteiger partial charge in [-0.3, -0.25) is 0 Å². The molecule has 0 bridgehead atoms. The van der Waals surface area contributed by atoms with Crippen molar-refractivity contribution in [1.29, 1.82) is 5.26 Å². The van der Waals surface area contributed by atoms with Crippen LogP contribution in [-0.4, -0.2) is 42.8 Å². The van der Waals surface area contributed by atoms with Crippen LogP contribution in [0.4, 0.5) is 4.39 Å². The zero-order valence-electron chi connectivity index (χ0n) is 13.5. The van der Waals surface area contributed by atoms with E-state index in [-0.39, 0.29) is 12.4 Å². The maximum absolute atomic E-state index is 13.9. The lowest BCUT2D eigenvalue weighted by atomic mass is 9.78. The van der Waals surface area contributed by atoms with Crippen LogP contribution in [0.5, 0.6) is 0 Å². The van der Waals surface area contributed by atoms with Crippen molar-refractivity contribution in [3.05, 3.63) is 59.9 Å². The second kappa shape index (κ2) is 6.56. The Hall–Kier alpha value is -2.27. The first-order valence-corrected chi connectivity index (χ1v) is 9.57. The largest absolute Gasteiger partial charge is 0.395 e. The summed E-state index contributed by atoms with van der Waals surface area (Å²) in [5.74, 6) is -0.746. The third-order valence-corrected chi connectivity index (χ3v) is 5.80. The summed E-state index contributed by atoms with van der Waals surface area (Å²) in [6, 6.07) is 13.9. The highest BCUT2D eigenvalue weighted by atomic mass is 32.2. The number of benzene rings is 2. The Kier molecular flexibility index (Phi) is 4.60. The first-order valence-electron chi connectivity index (χ1n) is 7.72. The molecule has 1 N–H and O–H groups in total. The highest BCUT2D eigenvalue weighted by Gasteiger charge is 2.53. The highest BCUT2D eigenvalue weighted by Crippen LogP contribution is 2.42. The van der Waals surface area contributed by atoms with Crippen LogP contribution in [0.3, 0.4) is 0 Å². The molecular weight excluding hydrogens is 343 g/mol. The molecule has 3 rings (SSSR count). The standard InChI is InChI=1S/C18H17FN2O3S/c1-25(23,24)21-16(10-20)18(17(21)11-22)13-8-6-12(7-9-13)14-4-2-3-5-15(14)19/h2-9,16-18,22H,11H2,1H3/t16-,17-,18-/m0/s1. The van der Waals surface area contributed by atoms with E-state index in [1.165, 1.54) is 6.07 Å². The van der Waals surface area contributed by atoms with E-state index in [4.69, 9.17) is 0 Å². The molecule has 0 radical (unpaired) electrons. The van der Waals surface area contributed by atoms with Gasteiger partial charge in [-0.15, -0.1) is 0 Å². The quantitative estimate of drug-likeness (QED) is 0.905. The fraction of sp³-hybridized carbons (Fsp3) is 0.278. The zero-order valence-corrected chi connectivity index (χ0v) is 14.3. The summed E-state index contributed by atoms with van der Waals surface area (Å²) in [6.45, 7) is -0.370. The Morgan fingerprint density at radius 1 is 1.20 bits per heavy atom. The van der Waals surface area contributed by atoms with Gasteiger partial charge in [-0.05, 0) is 17.2 Å². The summed E-state index contributed by atoms with van der Waals surface area (Å²) in [6.07, 6.45) is 1.03. The summed E-state index contributed by atoms with van der Waals surface area (Å²) in [5, 5.41) is 18.9. The number of aliphatic hydroxyl groups is 1. The number of halogens is 1. The van der Waals surface area contributed by atoms with Gasteiger partial charge in [0.15, 0.2) is 0 Å². The van der Waals surface area contributed by atoms with E-state index in [9.17, 15) is 23.2 Å². The van der Waals surface area contributed by atoms with Gasteiger partial charge in [0.1, 0.15) is 11.9 Å². The van der Waals surface area contributed by atoms with Crippen molar-refractivity contribution in [2.24, 2.45) is 0 Å². The minimum Gasteiger partial charge on any atom is -0.395 e. The minimum atomic E-state index is -3.59. The molecule has 1 aliphatic heterocycles. The van der Waals surface area contributed by atoms with Crippen LogP contribution in [0.1, 0.15) is 11.5 Å². The van der Waals surface area contributed by atoms with Crippen LogP contribution < -0.4 is 0 Å². The van der Waals surface area contributed by atoms with Crippen LogP contribution in [0.2, 0.25) is 0 Å². The van der Waals surface area contributed by atoms with Gasteiger partial charge in [-0.1, -0.05) is 42.5 Å². The van der Waals surface area contributed by atoms with Gasteiger partial charge < -0.3 is 5.11 Å². The molecule has 2 aromatic rings. The Labute approximate surface area is 146 Å². The summed E-state index contributed by atoms with van der Waals surface area (Å²) in [7, 11) is -3.59. The van der Waals surface area contributed by atoms with Gasteiger partial charge >= 0.3 is 0 Å². The summed E-state index contributed by atoms with van der Waals surface area (Å²) in [5.41, 5.74) is 1.90. The van der Waals surface area contributed by atoms with Gasteiger partial charge in [0.05, 0.1) is 25.0 Å². The Morgan fingerprint density at radius 2 is 1.84 bits per heavy atom. The van der Waals surface area contributed by atoms with Gasteiger partial charge in [-0.2, -0.15) is 9.57 Å². The predicted molar refractivity (Wildman–Crippen MR) is 91.5 cm³/mol. The lowest BCUT2D eigenvalue weighted by molar-refractivity contribution is 0.0564. The molecule has 1 aliphatic rings. The van der Waals surface area contributed by atoms with Crippen LogP contribution >= 0.6 is 0 Å². The number of hydrogen-bond donors (Lipinski definition) is 1. The summed E-state index contributed by atoms with van der Waals surface area (Å²) >= 11 is 0. The van der Waals surface area contributed by atoms with Gasteiger partial charge in [-0.25, -0.2) is 12.8 Å². The molecule has 0 spiro atoms.